The van der Waals surface area contributed by atoms with Gasteiger partial charge in [0.2, 0.25) is 21.7 Å². The van der Waals surface area contributed by atoms with E-state index in [0.717, 1.165) is 11.8 Å². The Morgan fingerprint density at radius 2 is 1.87 bits per heavy atom. The van der Waals surface area contributed by atoms with E-state index in [9.17, 15) is 13.2 Å². The number of likely N-dealkylation sites (N-methyl/N-ethyl adjacent to an activating group) is 1. The molecule has 0 bridgehead atoms. The highest BCUT2D eigenvalue weighted by Gasteiger charge is 2.32. The predicted molar refractivity (Wildman–Crippen MR) is 114 cm³/mol. The number of hydrogen-bond acceptors (Lipinski definition) is 7. The Labute approximate surface area is 180 Å². The fourth-order valence-electron chi connectivity index (χ4n) is 3.40. The average molecular weight is 442 g/mol. The number of rotatable bonds is 5. The lowest BCUT2D eigenvalue weighted by molar-refractivity contribution is -0.138. The molecule has 0 radical (unpaired) electrons. The lowest BCUT2D eigenvalue weighted by Gasteiger charge is -2.22. The molecule has 2 heterocycles. The van der Waals surface area contributed by atoms with Crippen molar-refractivity contribution in [2.75, 3.05) is 24.2 Å². The fourth-order valence-corrected chi connectivity index (χ4v) is 4.34. The minimum absolute atomic E-state index is 0.107. The van der Waals surface area contributed by atoms with Crippen LogP contribution in [-0.4, -0.2) is 55.3 Å². The summed E-state index contributed by atoms with van der Waals surface area (Å²) < 4.78 is 36.9. The van der Waals surface area contributed by atoms with Gasteiger partial charge in [-0.05, 0) is 12.1 Å². The highest BCUT2D eigenvalue weighted by atomic mass is 32.2. The van der Waals surface area contributed by atoms with E-state index in [1.165, 1.54) is 9.21 Å². The van der Waals surface area contributed by atoms with Gasteiger partial charge in [-0.15, -0.1) is 0 Å². The molecule has 162 valence electrons. The Morgan fingerprint density at radius 1 is 1.16 bits per heavy atom. The Kier molecular flexibility index (Phi) is 5.64. The molecular weight excluding hydrogens is 420 g/mol. The first kappa shape index (κ1) is 20.9. The molecule has 1 aliphatic rings. The third-order valence-corrected chi connectivity index (χ3v) is 6.10. The maximum absolute atomic E-state index is 13.0. The first-order valence-corrected chi connectivity index (χ1v) is 11.5. The zero-order valence-corrected chi connectivity index (χ0v) is 17.9. The van der Waals surface area contributed by atoms with Crippen molar-refractivity contribution in [3.8, 4) is 17.1 Å². The number of carbonyl (C=O) groups excluding carboxylic acids is 1. The van der Waals surface area contributed by atoms with Gasteiger partial charge in [0.25, 0.3) is 5.91 Å². The first-order valence-electron chi connectivity index (χ1n) is 9.69. The maximum atomic E-state index is 13.0. The van der Waals surface area contributed by atoms with Crippen LogP contribution in [0.5, 0.6) is 5.75 Å². The lowest BCUT2D eigenvalue weighted by atomic mass is 10.2. The molecule has 1 atom stereocenters. The molecule has 31 heavy (non-hydrogen) atoms. The molecule has 1 aromatic heterocycles. The standard InChI is InChI=1S/C21H22N4O5S/c1-24(14-19-22-20(23-30-19)15-8-4-3-5-9-15)21(26)18-12-13-25(31(2,27)28)16-10-6-7-11-17(16)29-18/h3-11,18H,12-14H2,1-2H3/t18-/m0/s1. The Hall–Kier alpha value is -3.40. The van der Waals surface area contributed by atoms with Gasteiger partial charge in [0.1, 0.15) is 5.75 Å². The molecule has 0 saturated heterocycles. The van der Waals surface area contributed by atoms with Gasteiger partial charge in [0.05, 0.1) is 18.5 Å². The summed E-state index contributed by atoms with van der Waals surface area (Å²) in [5.74, 6) is 0.785. The fraction of sp³-hybridized carbons (Fsp3) is 0.286. The summed E-state index contributed by atoms with van der Waals surface area (Å²) in [5.41, 5.74) is 1.24. The zero-order chi connectivity index (χ0) is 22.0. The molecule has 1 amide bonds. The number of nitrogens with zero attached hydrogens (tertiary/aromatic N) is 4. The van der Waals surface area contributed by atoms with Crippen LogP contribution in [0.2, 0.25) is 0 Å². The molecule has 0 unspecified atom stereocenters. The van der Waals surface area contributed by atoms with Crippen molar-refractivity contribution in [1.29, 1.82) is 0 Å². The predicted octanol–water partition coefficient (Wildman–Crippen LogP) is 2.31. The van der Waals surface area contributed by atoms with Gasteiger partial charge in [-0.1, -0.05) is 47.6 Å². The van der Waals surface area contributed by atoms with Crippen LogP contribution in [0, 0.1) is 0 Å². The molecule has 1 aliphatic heterocycles. The van der Waals surface area contributed by atoms with E-state index in [-0.39, 0.29) is 25.4 Å². The van der Waals surface area contributed by atoms with Crippen LogP contribution >= 0.6 is 0 Å². The molecule has 10 heteroatoms. The van der Waals surface area contributed by atoms with Gasteiger partial charge in [-0.2, -0.15) is 4.98 Å². The summed E-state index contributed by atoms with van der Waals surface area (Å²) in [6, 6.07) is 16.2. The third kappa shape index (κ3) is 4.53. The number of sulfonamides is 1. The van der Waals surface area contributed by atoms with E-state index < -0.39 is 16.1 Å². The zero-order valence-electron chi connectivity index (χ0n) is 17.1. The summed E-state index contributed by atoms with van der Waals surface area (Å²) in [7, 11) is -1.89. The molecule has 4 rings (SSSR count). The topological polar surface area (TPSA) is 106 Å². The van der Waals surface area contributed by atoms with Gasteiger partial charge in [-0.3, -0.25) is 9.10 Å². The monoisotopic (exact) mass is 442 g/mol. The van der Waals surface area contributed by atoms with Crippen LogP contribution in [0.25, 0.3) is 11.4 Å². The number of para-hydroxylation sites is 2. The van der Waals surface area contributed by atoms with Crippen LogP contribution in [0.15, 0.2) is 59.1 Å². The van der Waals surface area contributed by atoms with Crippen molar-refractivity contribution in [2.45, 2.75) is 19.1 Å². The second-order valence-electron chi connectivity index (χ2n) is 7.27. The highest BCUT2D eigenvalue weighted by molar-refractivity contribution is 7.92. The summed E-state index contributed by atoms with van der Waals surface area (Å²) >= 11 is 0. The number of anilines is 1. The van der Waals surface area contributed by atoms with Crippen molar-refractivity contribution in [3.63, 3.8) is 0 Å². The number of hydrogen-bond donors (Lipinski definition) is 0. The van der Waals surface area contributed by atoms with Crippen molar-refractivity contribution in [2.24, 2.45) is 0 Å². The molecule has 0 spiro atoms. The van der Waals surface area contributed by atoms with Crippen molar-refractivity contribution >= 4 is 21.6 Å². The van der Waals surface area contributed by atoms with Crippen LogP contribution in [0.4, 0.5) is 5.69 Å². The van der Waals surface area contributed by atoms with Crippen molar-refractivity contribution in [1.82, 2.24) is 15.0 Å². The molecule has 2 aromatic carbocycles. The molecular formula is C21H22N4O5S. The Bertz CT molecular complexity index is 1180. The van der Waals surface area contributed by atoms with Gasteiger partial charge >= 0.3 is 0 Å². The Morgan fingerprint density at radius 3 is 2.61 bits per heavy atom. The number of fused-ring (bicyclic) bond motifs is 1. The van der Waals surface area contributed by atoms with Crippen molar-refractivity contribution in [3.05, 3.63) is 60.5 Å². The number of benzene rings is 2. The van der Waals surface area contributed by atoms with Gasteiger partial charge in [0, 0.05) is 25.6 Å². The van der Waals surface area contributed by atoms with Crippen LogP contribution in [0.1, 0.15) is 12.3 Å². The van der Waals surface area contributed by atoms with E-state index in [0.29, 0.717) is 23.2 Å². The summed E-state index contributed by atoms with van der Waals surface area (Å²) in [5, 5.41) is 3.96. The van der Waals surface area contributed by atoms with Crippen LogP contribution in [0.3, 0.4) is 0 Å². The van der Waals surface area contributed by atoms with E-state index in [2.05, 4.69) is 10.1 Å². The van der Waals surface area contributed by atoms with Gasteiger partial charge in [-0.25, -0.2) is 8.42 Å². The average Bonchev–Trinajstić information content (AvgIpc) is 3.11. The molecule has 9 nitrogen and oxygen atoms in total. The normalized spacial score (nSPS) is 16.2. The van der Waals surface area contributed by atoms with E-state index >= 15 is 0 Å². The molecule has 3 aromatic rings. The van der Waals surface area contributed by atoms with Gasteiger partial charge in [0.15, 0.2) is 6.10 Å². The number of aromatic nitrogens is 2. The lowest BCUT2D eigenvalue weighted by Crippen LogP contribution is -2.40. The van der Waals surface area contributed by atoms with E-state index in [1.54, 1.807) is 31.3 Å². The maximum Gasteiger partial charge on any atom is 0.263 e. The van der Waals surface area contributed by atoms with E-state index in [4.69, 9.17) is 9.26 Å². The number of amides is 1. The van der Waals surface area contributed by atoms with Crippen LogP contribution < -0.4 is 9.04 Å². The third-order valence-electron chi connectivity index (χ3n) is 4.92. The first-order chi connectivity index (χ1) is 14.8. The summed E-state index contributed by atoms with van der Waals surface area (Å²) in [4.78, 5) is 18.8. The molecule has 0 N–H and O–H groups in total. The minimum Gasteiger partial charge on any atom is -0.478 e. The molecule has 0 saturated carbocycles. The second kappa shape index (κ2) is 8.38. The van der Waals surface area contributed by atoms with E-state index in [1.807, 2.05) is 30.3 Å². The number of carbonyl (C=O) groups is 1. The Balaban J connectivity index is 1.49. The quantitative estimate of drug-likeness (QED) is 0.597. The molecule has 0 aliphatic carbocycles. The van der Waals surface area contributed by atoms with Crippen molar-refractivity contribution < 1.29 is 22.5 Å². The molecule has 0 fully saturated rings. The van der Waals surface area contributed by atoms with Crippen LogP contribution in [-0.2, 0) is 21.4 Å². The summed E-state index contributed by atoms with van der Waals surface area (Å²) in [6.07, 6.45) is 0.511. The minimum atomic E-state index is -3.51. The smallest absolute Gasteiger partial charge is 0.263 e. The SMILES string of the molecule is CN(Cc1nc(-c2ccccc2)no1)C(=O)[C@@H]1CCN(S(C)(=O)=O)c2ccccc2O1. The highest BCUT2D eigenvalue weighted by Crippen LogP contribution is 2.34. The van der Waals surface area contributed by atoms with Gasteiger partial charge < -0.3 is 14.2 Å². The largest absolute Gasteiger partial charge is 0.478 e. The summed E-state index contributed by atoms with van der Waals surface area (Å²) in [6.45, 7) is 0.245. The number of ether oxygens (including phenoxy) is 1. The second-order valence-corrected chi connectivity index (χ2v) is 9.18.